The molecule has 1 aromatic heterocycles. The summed E-state index contributed by atoms with van der Waals surface area (Å²) in [7, 11) is 0. The van der Waals surface area contributed by atoms with Gasteiger partial charge in [0.1, 0.15) is 5.82 Å². The van der Waals surface area contributed by atoms with E-state index in [9.17, 15) is 23.7 Å². The molecule has 0 unspecified atom stereocenters. The van der Waals surface area contributed by atoms with Gasteiger partial charge in [0.25, 0.3) is 11.6 Å². The van der Waals surface area contributed by atoms with Gasteiger partial charge in [-0.3, -0.25) is 14.9 Å². The smallest absolute Gasteiger partial charge is 0.298 e. The van der Waals surface area contributed by atoms with Gasteiger partial charge in [-0.05, 0) is 34.5 Å². The topological polar surface area (TPSA) is 72.2 Å². The number of amides is 1. The highest BCUT2D eigenvalue weighted by atomic mass is 79.9. The second-order valence-corrected chi connectivity index (χ2v) is 6.43. The third-order valence-electron chi connectivity index (χ3n) is 2.55. The molecule has 1 heterocycles. The predicted molar refractivity (Wildman–Crippen MR) is 77.7 cm³/mol. The number of aryl methyl sites for hydroxylation is 1. The Morgan fingerprint density at radius 1 is 1.38 bits per heavy atom. The van der Waals surface area contributed by atoms with Crippen molar-refractivity contribution in [2.75, 3.05) is 5.32 Å². The number of thiophene rings is 1. The summed E-state index contributed by atoms with van der Waals surface area (Å²) in [6.07, 6.45) is 0. The molecular formula is C12H7BrF2N2O3S. The molecule has 0 saturated carbocycles. The fourth-order valence-electron chi connectivity index (χ4n) is 1.57. The normalized spacial score (nSPS) is 10.5. The number of rotatable bonds is 3. The minimum absolute atomic E-state index is 0.248. The first-order valence-corrected chi connectivity index (χ1v) is 7.11. The number of halogens is 3. The van der Waals surface area contributed by atoms with E-state index in [-0.39, 0.29) is 4.88 Å². The van der Waals surface area contributed by atoms with Gasteiger partial charge in [-0.15, -0.1) is 11.3 Å². The van der Waals surface area contributed by atoms with Gasteiger partial charge in [-0.25, -0.2) is 8.78 Å². The minimum atomic E-state index is -1.21. The number of benzene rings is 1. The van der Waals surface area contributed by atoms with E-state index in [0.717, 1.165) is 20.7 Å². The first-order valence-electron chi connectivity index (χ1n) is 5.50. The van der Waals surface area contributed by atoms with E-state index in [1.54, 1.807) is 13.0 Å². The zero-order valence-electron chi connectivity index (χ0n) is 10.4. The lowest BCUT2D eigenvalue weighted by Crippen LogP contribution is -2.13. The standard InChI is InChI=1S/C12H7BrF2N2O3S/c1-5-2-9(21-11(5)13)12(18)16-10-7(15)3-6(14)4-8(10)17(19)20/h2-4H,1H3,(H,16,18). The molecule has 0 spiro atoms. The lowest BCUT2D eigenvalue weighted by atomic mass is 10.2. The van der Waals surface area contributed by atoms with Crippen molar-refractivity contribution in [3.63, 3.8) is 0 Å². The average Bonchev–Trinajstić information content (AvgIpc) is 2.72. The highest BCUT2D eigenvalue weighted by Crippen LogP contribution is 2.31. The Morgan fingerprint density at radius 3 is 2.57 bits per heavy atom. The van der Waals surface area contributed by atoms with E-state index in [4.69, 9.17) is 0 Å². The van der Waals surface area contributed by atoms with Crippen LogP contribution in [-0.4, -0.2) is 10.8 Å². The van der Waals surface area contributed by atoms with Crippen LogP contribution in [-0.2, 0) is 0 Å². The van der Waals surface area contributed by atoms with Crippen molar-refractivity contribution in [2.45, 2.75) is 6.92 Å². The van der Waals surface area contributed by atoms with Crippen molar-refractivity contribution in [1.82, 2.24) is 0 Å². The van der Waals surface area contributed by atoms with E-state index in [0.29, 0.717) is 12.1 Å². The summed E-state index contributed by atoms with van der Waals surface area (Å²) in [4.78, 5) is 22.1. The van der Waals surface area contributed by atoms with Gasteiger partial charge in [0.2, 0.25) is 0 Å². The van der Waals surface area contributed by atoms with Gasteiger partial charge >= 0.3 is 0 Å². The SMILES string of the molecule is Cc1cc(C(=O)Nc2c(F)cc(F)cc2[N+](=O)[O-])sc1Br. The van der Waals surface area contributed by atoms with Gasteiger partial charge in [-0.1, -0.05) is 0 Å². The molecule has 0 atom stereocenters. The monoisotopic (exact) mass is 376 g/mol. The Balaban J connectivity index is 2.39. The van der Waals surface area contributed by atoms with Gasteiger partial charge in [0.15, 0.2) is 11.5 Å². The van der Waals surface area contributed by atoms with Crippen molar-refractivity contribution in [2.24, 2.45) is 0 Å². The summed E-state index contributed by atoms with van der Waals surface area (Å²) in [6.45, 7) is 1.76. The Morgan fingerprint density at radius 2 is 2.05 bits per heavy atom. The Hall–Kier alpha value is -1.87. The maximum absolute atomic E-state index is 13.7. The Labute approximate surface area is 129 Å². The van der Waals surface area contributed by atoms with Gasteiger partial charge in [0.05, 0.1) is 19.7 Å². The van der Waals surface area contributed by atoms with Crippen LogP contribution in [0, 0.1) is 28.7 Å². The predicted octanol–water partition coefficient (Wildman–Crippen LogP) is 4.26. The number of carbonyl (C=O) groups excluding carboxylic acids is 1. The second-order valence-electron chi connectivity index (χ2n) is 4.06. The Kier molecular flexibility index (Phi) is 4.33. The van der Waals surface area contributed by atoms with E-state index < -0.39 is 33.8 Å². The lowest BCUT2D eigenvalue weighted by molar-refractivity contribution is -0.384. The van der Waals surface area contributed by atoms with Crippen LogP contribution >= 0.6 is 27.3 Å². The number of nitro groups is 1. The van der Waals surface area contributed by atoms with Gasteiger partial charge < -0.3 is 5.32 Å². The van der Waals surface area contributed by atoms with Crippen LogP contribution in [0.4, 0.5) is 20.2 Å². The van der Waals surface area contributed by atoms with Crippen LogP contribution in [0.2, 0.25) is 0 Å². The lowest BCUT2D eigenvalue weighted by Gasteiger charge is -2.06. The minimum Gasteiger partial charge on any atom is -0.313 e. The fraction of sp³-hybridized carbons (Fsp3) is 0.0833. The number of carbonyl (C=O) groups is 1. The summed E-state index contributed by atoms with van der Waals surface area (Å²) in [6, 6.07) is 2.57. The van der Waals surface area contributed by atoms with Gasteiger partial charge in [-0.2, -0.15) is 0 Å². The molecule has 0 aliphatic carbocycles. The maximum Gasteiger partial charge on any atom is 0.298 e. The van der Waals surface area contributed by atoms with Crippen molar-refractivity contribution < 1.29 is 18.5 Å². The van der Waals surface area contributed by atoms with E-state index >= 15 is 0 Å². The maximum atomic E-state index is 13.7. The van der Waals surface area contributed by atoms with Crippen molar-refractivity contribution in [3.05, 3.63) is 54.2 Å². The largest absolute Gasteiger partial charge is 0.313 e. The van der Waals surface area contributed by atoms with E-state index in [1.807, 2.05) is 0 Å². The first kappa shape index (κ1) is 15.5. The number of anilines is 1. The third kappa shape index (κ3) is 3.24. The van der Waals surface area contributed by atoms with Crippen molar-refractivity contribution in [1.29, 1.82) is 0 Å². The second kappa shape index (κ2) is 5.86. The van der Waals surface area contributed by atoms with Crippen LogP contribution in [0.3, 0.4) is 0 Å². The van der Waals surface area contributed by atoms with Crippen molar-refractivity contribution >= 4 is 44.5 Å². The number of nitrogens with one attached hydrogen (secondary N) is 1. The highest BCUT2D eigenvalue weighted by Gasteiger charge is 2.23. The molecule has 2 aromatic rings. The van der Waals surface area contributed by atoms with Gasteiger partial charge in [0, 0.05) is 6.07 Å². The summed E-state index contributed by atoms with van der Waals surface area (Å²) in [5.41, 5.74) is -0.694. The van der Waals surface area contributed by atoms with Crippen molar-refractivity contribution in [3.8, 4) is 0 Å². The van der Waals surface area contributed by atoms with E-state index in [1.165, 1.54) is 0 Å². The molecule has 0 saturated heterocycles. The van der Waals surface area contributed by atoms with E-state index in [2.05, 4.69) is 21.2 Å². The molecule has 0 bridgehead atoms. The number of hydrogen-bond donors (Lipinski definition) is 1. The molecule has 21 heavy (non-hydrogen) atoms. The summed E-state index contributed by atoms with van der Waals surface area (Å²) in [5.74, 6) is -3.00. The zero-order chi connectivity index (χ0) is 15.7. The molecule has 0 aliphatic heterocycles. The average molecular weight is 377 g/mol. The molecule has 1 aromatic carbocycles. The zero-order valence-corrected chi connectivity index (χ0v) is 12.8. The fourth-order valence-corrected chi connectivity index (χ4v) is 3.00. The number of nitro benzene ring substituents is 1. The molecule has 1 amide bonds. The molecule has 5 nitrogen and oxygen atoms in total. The molecule has 0 fully saturated rings. The number of nitrogens with zero attached hydrogens (tertiary/aromatic N) is 1. The Bertz CT molecular complexity index is 729. The van der Waals surface area contributed by atoms with Crippen LogP contribution in [0.5, 0.6) is 0 Å². The van der Waals surface area contributed by atoms with Crippen LogP contribution in [0.25, 0.3) is 0 Å². The summed E-state index contributed by atoms with van der Waals surface area (Å²) in [5, 5.41) is 12.9. The molecule has 9 heteroatoms. The van der Waals surface area contributed by atoms with Crippen LogP contribution in [0.1, 0.15) is 15.2 Å². The molecule has 110 valence electrons. The van der Waals surface area contributed by atoms with Crippen LogP contribution < -0.4 is 5.32 Å². The number of hydrogen-bond acceptors (Lipinski definition) is 4. The molecule has 0 aliphatic rings. The quantitative estimate of drug-likeness (QED) is 0.642. The highest BCUT2D eigenvalue weighted by molar-refractivity contribution is 9.11. The molecule has 2 rings (SSSR count). The summed E-state index contributed by atoms with van der Waals surface area (Å²) < 4.78 is 27.4. The molecule has 0 radical (unpaired) electrons. The molecular weight excluding hydrogens is 370 g/mol. The first-order chi connectivity index (χ1) is 9.79. The third-order valence-corrected chi connectivity index (χ3v) is 4.69. The summed E-state index contributed by atoms with van der Waals surface area (Å²) >= 11 is 4.34. The molecule has 1 N–H and O–H groups in total. The van der Waals surface area contributed by atoms with Crippen LogP contribution in [0.15, 0.2) is 22.0 Å².